The highest BCUT2D eigenvalue weighted by Crippen LogP contribution is 2.29. The molecule has 132 valence electrons. The number of carbonyl (C=O) groups excluding carboxylic acids is 2. The second-order valence-electron chi connectivity index (χ2n) is 4.75. The van der Waals surface area contributed by atoms with Crippen LogP contribution in [0, 0.1) is 0 Å². The highest BCUT2D eigenvalue weighted by atomic mass is 16.5. The monoisotopic (exact) mass is 337 g/mol. The summed E-state index contributed by atoms with van der Waals surface area (Å²) in [7, 11) is 4.64. The minimum Gasteiger partial charge on any atom is -0.493 e. The van der Waals surface area contributed by atoms with Crippen LogP contribution < -0.4 is 20.2 Å². The maximum Gasteiger partial charge on any atom is 0.249 e. The first-order valence-electron chi connectivity index (χ1n) is 7.41. The maximum atomic E-state index is 11.6. The van der Waals surface area contributed by atoms with Crippen LogP contribution in [0.1, 0.15) is 18.4 Å². The highest BCUT2D eigenvalue weighted by Gasteiger charge is 2.09. The lowest BCUT2D eigenvalue weighted by Crippen LogP contribution is -2.30. The van der Waals surface area contributed by atoms with Gasteiger partial charge < -0.3 is 19.5 Å². The Labute approximate surface area is 141 Å². The van der Waals surface area contributed by atoms with Crippen LogP contribution in [0.5, 0.6) is 11.5 Å². The van der Waals surface area contributed by atoms with E-state index < -0.39 is 5.91 Å². The Morgan fingerprint density at radius 3 is 2.62 bits per heavy atom. The molecule has 2 amide bonds. The van der Waals surface area contributed by atoms with Gasteiger partial charge in [-0.1, -0.05) is 6.07 Å². The molecule has 0 aliphatic rings. The zero-order chi connectivity index (χ0) is 17.8. The van der Waals surface area contributed by atoms with E-state index in [1.54, 1.807) is 25.3 Å². The Kier molecular flexibility index (Phi) is 8.91. The second kappa shape index (κ2) is 11.0. The Balaban J connectivity index is 2.47. The number of amides is 2. The van der Waals surface area contributed by atoms with Gasteiger partial charge in [-0.05, 0) is 18.6 Å². The van der Waals surface area contributed by atoms with Crippen LogP contribution in [0.2, 0.25) is 0 Å². The molecular formula is C16H23N3O5. The first-order valence-corrected chi connectivity index (χ1v) is 7.41. The quantitative estimate of drug-likeness (QED) is 0.283. The van der Waals surface area contributed by atoms with E-state index in [1.165, 1.54) is 20.4 Å². The molecule has 8 nitrogen and oxygen atoms in total. The Hall–Kier alpha value is -2.61. The molecular weight excluding hydrogens is 314 g/mol. The van der Waals surface area contributed by atoms with Crippen LogP contribution in [0.15, 0.2) is 23.3 Å². The molecule has 0 unspecified atom stereocenters. The number of benzene rings is 1. The van der Waals surface area contributed by atoms with Gasteiger partial charge in [-0.15, -0.1) is 0 Å². The lowest BCUT2D eigenvalue weighted by Gasteiger charge is -2.09. The van der Waals surface area contributed by atoms with Gasteiger partial charge in [0.15, 0.2) is 11.5 Å². The first kappa shape index (κ1) is 19.4. The lowest BCUT2D eigenvalue weighted by molar-refractivity contribution is -0.129. The van der Waals surface area contributed by atoms with Crippen LogP contribution in [0.25, 0.3) is 0 Å². The fourth-order valence-electron chi connectivity index (χ4n) is 1.88. The summed E-state index contributed by atoms with van der Waals surface area (Å²) in [5.41, 5.74) is 2.94. The number of nitrogens with zero attached hydrogens (tertiary/aromatic N) is 1. The minimum atomic E-state index is -0.502. The molecule has 8 heteroatoms. The van der Waals surface area contributed by atoms with Crippen molar-refractivity contribution < 1.29 is 23.8 Å². The average molecular weight is 337 g/mol. The molecule has 24 heavy (non-hydrogen) atoms. The zero-order valence-corrected chi connectivity index (χ0v) is 14.1. The molecule has 0 saturated carbocycles. The standard InChI is InChI=1S/C16H23N3O5/c1-22-9-5-8-17-14(20)10-15(21)19-18-11-12-6-4-7-13(23-2)16(12)24-3/h4,6-7,11H,5,8-10H2,1-3H3,(H,17,20)(H,19,21)/b18-11+. The molecule has 0 aromatic heterocycles. The van der Waals surface area contributed by atoms with Gasteiger partial charge >= 0.3 is 0 Å². The van der Waals surface area contributed by atoms with Crippen molar-refractivity contribution in [3.8, 4) is 11.5 Å². The number of carbonyl (C=O) groups is 2. The van der Waals surface area contributed by atoms with Crippen molar-refractivity contribution in [2.24, 2.45) is 5.10 Å². The normalized spacial score (nSPS) is 10.5. The summed E-state index contributed by atoms with van der Waals surface area (Å²) in [6.07, 6.45) is 1.83. The number of rotatable bonds is 10. The van der Waals surface area contributed by atoms with Crippen molar-refractivity contribution in [2.45, 2.75) is 12.8 Å². The van der Waals surface area contributed by atoms with E-state index in [0.717, 1.165) is 0 Å². The molecule has 0 atom stereocenters. The minimum absolute atomic E-state index is 0.292. The number of hydrogen-bond donors (Lipinski definition) is 2. The van der Waals surface area contributed by atoms with Crippen LogP contribution in [0.3, 0.4) is 0 Å². The molecule has 0 heterocycles. The Morgan fingerprint density at radius 1 is 1.17 bits per heavy atom. The summed E-state index contributed by atoms with van der Waals surface area (Å²) in [6.45, 7) is 1.02. The predicted octanol–water partition coefficient (Wildman–Crippen LogP) is 0.697. The van der Waals surface area contributed by atoms with Gasteiger partial charge in [-0.3, -0.25) is 9.59 Å². The van der Waals surface area contributed by atoms with Crippen molar-refractivity contribution in [3.05, 3.63) is 23.8 Å². The number of nitrogens with one attached hydrogen (secondary N) is 2. The van der Waals surface area contributed by atoms with Crippen LogP contribution in [0.4, 0.5) is 0 Å². The van der Waals surface area contributed by atoms with Crippen molar-refractivity contribution >= 4 is 18.0 Å². The lowest BCUT2D eigenvalue weighted by atomic mass is 10.2. The zero-order valence-electron chi connectivity index (χ0n) is 14.1. The van der Waals surface area contributed by atoms with Gasteiger partial charge in [0.25, 0.3) is 0 Å². The summed E-state index contributed by atoms with van der Waals surface area (Å²) in [6, 6.07) is 5.29. The molecule has 0 aliphatic carbocycles. The molecule has 1 aromatic carbocycles. The molecule has 0 fully saturated rings. The fourth-order valence-corrected chi connectivity index (χ4v) is 1.88. The molecule has 0 saturated heterocycles. The number of hydrogen-bond acceptors (Lipinski definition) is 6. The summed E-state index contributed by atoms with van der Waals surface area (Å²) >= 11 is 0. The molecule has 1 rings (SSSR count). The SMILES string of the molecule is COCCCNC(=O)CC(=O)N/N=C/c1cccc(OC)c1OC. The number of para-hydroxylation sites is 1. The number of ether oxygens (including phenoxy) is 3. The highest BCUT2D eigenvalue weighted by molar-refractivity contribution is 5.97. The Bertz CT molecular complexity index is 575. The molecule has 0 radical (unpaired) electrons. The van der Waals surface area contributed by atoms with Gasteiger partial charge in [0, 0.05) is 25.8 Å². The third-order valence-electron chi connectivity index (χ3n) is 2.99. The molecule has 2 N–H and O–H groups in total. The molecule has 0 aliphatic heterocycles. The van der Waals surface area contributed by atoms with Crippen molar-refractivity contribution in [1.82, 2.24) is 10.7 Å². The van der Waals surface area contributed by atoms with Crippen molar-refractivity contribution in [2.75, 3.05) is 34.5 Å². The van der Waals surface area contributed by atoms with Crippen molar-refractivity contribution in [3.63, 3.8) is 0 Å². The third kappa shape index (κ3) is 6.66. The average Bonchev–Trinajstić information content (AvgIpc) is 2.58. The van der Waals surface area contributed by atoms with Crippen molar-refractivity contribution in [1.29, 1.82) is 0 Å². The number of hydrazone groups is 1. The molecule has 1 aromatic rings. The van der Waals surface area contributed by atoms with Crippen LogP contribution >= 0.6 is 0 Å². The number of methoxy groups -OCH3 is 3. The van der Waals surface area contributed by atoms with E-state index >= 15 is 0 Å². The Morgan fingerprint density at radius 2 is 1.96 bits per heavy atom. The van der Waals surface area contributed by atoms with E-state index in [9.17, 15) is 9.59 Å². The van der Waals surface area contributed by atoms with Gasteiger partial charge in [-0.25, -0.2) is 5.43 Å². The van der Waals surface area contributed by atoms with Crippen LogP contribution in [-0.4, -0.2) is 52.5 Å². The van der Waals surface area contributed by atoms with Gasteiger partial charge in [-0.2, -0.15) is 5.10 Å². The predicted molar refractivity (Wildman–Crippen MR) is 89.4 cm³/mol. The summed E-state index contributed by atoms with van der Waals surface area (Å²) in [5, 5.41) is 6.45. The van der Waals surface area contributed by atoms with E-state index in [4.69, 9.17) is 14.2 Å². The second-order valence-corrected chi connectivity index (χ2v) is 4.75. The topological polar surface area (TPSA) is 98.2 Å². The molecule has 0 spiro atoms. The van der Waals surface area contributed by atoms with E-state index in [0.29, 0.717) is 36.6 Å². The maximum absolute atomic E-state index is 11.6. The van der Waals surface area contributed by atoms with E-state index in [1.807, 2.05) is 0 Å². The molecule has 0 bridgehead atoms. The van der Waals surface area contributed by atoms with Gasteiger partial charge in [0.1, 0.15) is 6.42 Å². The van der Waals surface area contributed by atoms with E-state index in [2.05, 4.69) is 15.8 Å². The third-order valence-corrected chi connectivity index (χ3v) is 2.99. The van der Waals surface area contributed by atoms with Crippen LogP contribution in [-0.2, 0) is 14.3 Å². The van der Waals surface area contributed by atoms with Gasteiger partial charge in [0.2, 0.25) is 11.8 Å². The van der Waals surface area contributed by atoms with E-state index in [-0.39, 0.29) is 12.3 Å². The largest absolute Gasteiger partial charge is 0.493 e. The van der Waals surface area contributed by atoms with Gasteiger partial charge in [0.05, 0.1) is 20.4 Å². The first-order chi connectivity index (χ1) is 11.6. The summed E-state index contributed by atoms with van der Waals surface area (Å²) in [5.74, 6) is 0.201. The smallest absolute Gasteiger partial charge is 0.249 e. The summed E-state index contributed by atoms with van der Waals surface area (Å²) in [4.78, 5) is 23.2. The summed E-state index contributed by atoms with van der Waals surface area (Å²) < 4.78 is 15.3. The fraction of sp³-hybridized carbons (Fsp3) is 0.438.